The number of hydrogen-bond acceptors (Lipinski definition) is 7. The van der Waals surface area contributed by atoms with Gasteiger partial charge in [0.15, 0.2) is 11.4 Å². The van der Waals surface area contributed by atoms with Crippen LogP contribution < -0.4 is 16.6 Å². The van der Waals surface area contributed by atoms with Crippen LogP contribution in [0.5, 0.6) is 0 Å². The smallest absolute Gasteiger partial charge is 0.177 e. The standard InChI is InChI=1S/C23H20FN5OS.C10H20/c1-2-12(10-25)18-11-29-23(27)21-16(18)9-20(30-21)17-7-14(8-19(26)22(17)31-28)13-4-3-5-15(24)6-13;1-3-9(2)10-7-5-4-6-8-10/h2-11,25H,26,28H2,1H3,(H2,27,29);9-10H,3-8H2,1-2H3/b12-2+,25-10?;. The topological polar surface area (TPSA) is 128 Å². The summed E-state index contributed by atoms with van der Waals surface area (Å²) in [5, 5.41) is 14.3. The van der Waals surface area contributed by atoms with Gasteiger partial charge in [0, 0.05) is 34.6 Å². The largest absolute Gasteiger partial charge is 0.452 e. The lowest BCUT2D eigenvalue weighted by molar-refractivity contribution is 0.258. The van der Waals surface area contributed by atoms with Crippen LogP contribution in [-0.4, -0.2) is 11.2 Å². The lowest BCUT2D eigenvalue weighted by atomic mass is 9.80. The van der Waals surface area contributed by atoms with Crippen molar-refractivity contribution in [2.45, 2.75) is 64.2 Å². The van der Waals surface area contributed by atoms with Crippen molar-refractivity contribution < 1.29 is 8.81 Å². The van der Waals surface area contributed by atoms with Crippen LogP contribution in [0.15, 0.2) is 64.1 Å². The number of rotatable bonds is 7. The number of aromatic nitrogens is 1. The molecule has 1 saturated carbocycles. The third-order valence-corrected chi connectivity index (χ3v) is 8.81. The van der Waals surface area contributed by atoms with E-state index in [1.165, 1.54) is 56.9 Å². The Bertz CT molecular complexity index is 1540. The van der Waals surface area contributed by atoms with Crippen LogP contribution in [0.3, 0.4) is 0 Å². The molecule has 2 aromatic carbocycles. The summed E-state index contributed by atoms with van der Waals surface area (Å²) in [5.41, 5.74) is 16.7. The Hall–Kier alpha value is -3.62. The SMILES string of the molecule is C/C=C(\C=N)c1cnc(N)c2oc(-c3cc(-c4cccc(F)c4)cc(N)c3SN)cc12.CCC(C)C1CCCCC1. The Morgan fingerprint density at radius 2 is 1.90 bits per heavy atom. The molecule has 2 heterocycles. The maximum Gasteiger partial charge on any atom is 0.177 e. The predicted molar refractivity (Wildman–Crippen MR) is 172 cm³/mol. The highest BCUT2D eigenvalue weighted by Gasteiger charge is 2.20. The van der Waals surface area contributed by atoms with E-state index in [0.717, 1.165) is 40.3 Å². The summed E-state index contributed by atoms with van der Waals surface area (Å²) in [5.74, 6) is 2.45. The van der Waals surface area contributed by atoms with E-state index >= 15 is 0 Å². The average molecular weight is 574 g/mol. The summed E-state index contributed by atoms with van der Waals surface area (Å²) in [4.78, 5) is 4.84. The van der Waals surface area contributed by atoms with Gasteiger partial charge in [-0.25, -0.2) is 9.37 Å². The highest BCUT2D eigenvalue weighted by atomic mass is 32.2. The van der Waals surface area contributed by atoms with Crippen molar-refractivity contribution in [3.8, 4) is 22.5 Å². The molecule has 41 heavy (non-hydrogen) atoms. The first-order valence-electron chi connectivity index (χ1n) is 14.2. The molecule has 2 aromatic heterocycles. The molecular formula is C33H40FN5OS. The molecule has 1 aliphatic rings. The summed E-state index contributed by atoms with van der Waals surface area (Å²) in [7, 11) is 0. The molecule has 1 unspecified atom stereocenters. The Kier molecular flexibility index (Phi) is 10.2. The van der Waals surface area contributed by atoms with Crippen molar-refractivity contribution in [1.29, 1.82) is 5.41 Å². The molecular weight excluding hydrogens is 533 g/mol. The van der Waals surface area contributed by atoms with Crippen molar-refractivity contribution in [1.82, 2.24) is 4.98 Å². The van der Waals surface area contributed by atoms with Gasteiger partial charge >= 0.3 is 0 Å². The van der Waals surface area contributed by atoms with Gasteiger partial charge in [-0.3, -0.25) is 5.14 Å². The van der Waals surface area contributed by atoms with E-state index in [4.69, 9.17) is 26.4 Å². The first kappa shape index (κ1) is 30.3. The molecule has 0 bridgehead atoms. The number of nitrogens with zero attached hydrogens (tertiary/aromatic N) is 1. The van der Waals surface area contributed by atoms with Gasteiger partial charge in [-0.05, 0) is 77.7 Å². The number of pyridine rings is 1. The summed E-state index contributed by atoms with van der Waals surface area (Å²) in [6, 6.07) is 11.7. The molecule has 8 heteroatoms. The zero-order chi connectivity index (χ0) is 29.5. The Balaban J connectivity index is 0.000000328. The van der Waals surface area contributed by atoms with Crippen LogP contribution in [0.25, 0.3) is 39.0 Å². The van der Waals surface area contributed by atoms with Crippen molar-refractivity contribution in [3.05, 3.63) is 66.1 Å². The maximum absolute atomic E-state index is 13.8. The third-order valence-electron chi connectivity index (χ3n) is 8.12. The fraction of sp³-hybridized carbons (Fsp3) is 0.333. The summed E-state index contributed by atoms with van der Waals surface area (Å²) in [6.45, 7) is 6.57. The quantitative estimate of drug-likeness (QED) is 0.0991. The number of benzene rings is 2. The van der Waals surface area contributed by atoms with Crippen LogP contribution in [0.4, 0.5) is 15.9 Å². The summed E-state index contributed by atoms with van der Waals surface area (Å²) in [6.07, 6.45) is 13.6. The van der Waals surface area contributed by atoms with E-state index < -0.39 is 0 Å². The van der Waals surface area contributed by atoms with E-state index in [0.29, 0.717) is 38.6 Å². The number of allylic oxidation sites excluding steroid dienone is 2. The molecule has 216 valence electrons. The second-order valence-corrected chi connectivity index (χ2v) is 11.3. The van der Waals surface area contributed by atoms with Crippen molar-refractivity contribution in [2.24, 2.45) is 17.0 Å². The normalized spacial score (nSPS) is 14.9. The molecule has 1 atom stereocenters. The van der Waals surface area contributed by atoms with Crippen molar-refractivity contribution in [3.63, 3.8) is 0 Å². The highest BCUT2D eigenvalue weighted by Crippen LogP contribution is 2.41. The highest BCUT2D eigenvalue weighted by molar-refractivity contribution is 7.97. The molecule has 1 aliphatic carbocycles. The second-order valence-electron chi connectivity index (χ2n) is 10.7. The molecule has 4 aromatic rings. The molecule has 0 spiro atoms. The van der Waals surface area contributed by atoms with E-state index in [-0.39, 0.29) is 11.6 Å². The lowest BCUT2D eigenvalue weighted by Crippen LogP contribution is -2.14. The predicted octanol–water partition coefficient (Wildman–Crippen LogP) is 9.10. The van der Waals surface area contributed by atoms with Gasteiger partial charge in [0.1, 0.15) is 11.6 Å². The number of nitrogens with two attached hydrogens (primary N) is 3. The van der Waals surface area contributed by atoms with E-state index in [1.54, 1.807) is 24.4 Å². The minimum Gasteiger partial charge on any atom is -0.452 e. The number of furan rings is 1. The second kappa shape index (κ2) is 13.8. The summed E-state index contributed by atoms with van der Waals surface area (Å²) < 4.78 is 19.9. The van der Waals surface area contributed by atoms with E-state index in [1.807, 2.05) is 25.1 Å². The van der Waals surface area contributed by atoms with E-state index in [2.05, 4.69) is 18.8 Å². The Morgan fingerprint density at radius 1 is 1.15 bits per heavy atom. The summed E-state index contributed by atoms with van der Waals surface area (Å²) >= 11 is 1.00. The van der Waals surface area contributed by atoms with Crippen LogP contribution in [0.2, 0.25) is 0 Å². The molecule has 1 fully saturated rings. The molecule has 0 amide bonds. The molecule has 0 aliphatic heterocycles. The minimum absolute atomic E-state index is 0.238. The maximum atomic E-state index is 13.8. The first-order valence-corrected chi connectivity index (χ1v) is 15.1. The van der Waals surface area contributed by atoms with Gasteiger partial charge in [-0.1, -0.05) is 70.6 Å². The van der Waals surface area contributed by atoms with E-state index in [9.17, 15) is 4.39 Å². The van der Waals surface area contributed by atoms with Gasteiger partial charge in [0.05, 0.1) is 4.90 Å². The first-order chi connectivity index (χ1) is 19.8. The van der Waals surface area contributed by atoms with Crippen molar-refractivity contribution >= 4 is 46.2 Å². The van der Waals surface area contributed by atoms with Crippen LogP contribution in [0.1, 0.15) is 64.9 Å². The number of fused-ring (bicyclic) bond motifs is 1. The van der Waals surface area contributed by atoms with Crippen molar-refractivity contribution in [2.75, 3.05) is 11.5 Å². The lowest BCUT2D eigenvalue weighted by Gasteiger charge is -2.26. The number of nitrogens with one attached hydrogen (secondary N) is 1. The number of nitrogen functional groups attached to an aromatic ring is 2. The third kappa shape index (κ3) is 6.82. The Labute approximate surface area is 246 Å². The van der Waals surface area contributed by atoms with Gasteiger partial charge in [0.25, 0.3) is 0 Å². The number of hydrogen-bond donors (Lipinski definition) is 4. The van der Waals surface area contributed by atoms with Gasteiger partial charge in [-0.15, -0.1) is 0 Å². The van der Waals surface area contributed by atoms with Crippen LogP contribution >= 0.6 is 11.9 Å². The minimum atomic E-state index is -0.340. The van der Waals surface area contributed by atoms with Gasteiger partial charge < -0.3 is 21.3 Å². The zero-order valence-electron chi connectivity index (χ0n) is 24.0. The molecule has 0 saturated heterocycles. The average Bonchev–Trinajstić information content (AvgIpc) is 3.45. The fourth-order valence-corrected chi connectivity index (χ4v) is 6.04. The number of halogens is 1. The molecule has 7 N–H and O–H groups in total. The monoisotopic (exact) mass is 573 g/mol. The van der Waals surface area contributed by atoms with Crippen LogP contribution in [-0.2, 0) is 0 Å². The zero-order valence-corrected chi connectivity index (χ0v) is 24.9. The molecule has 0 radical (unpaired) electrons. The van der Waals surface area contributed by atoms with Gasteiger partial charge in [0.2, 0.25) is 0 Å². The number of anilines is 2. The Morgan fingerprint density at radius 3 is 2.54 bits per heavy atom. The van der Waals surface area contributed by atoms with Gasteiger partial charge in [-0.2, -0.15) is 0 Å². The fourth-order valence-electron chi connectivity index (χ4n) is 5.56. The van der Waals surface area contributed by atoms with Crippen LogP contribution in [0, 0.1) is 23.1 Å². The molecule has 5 rings (SSSR count). The molecule has 6 nitrogen and oxygen atoms in total.